The first-order chi connectivity index (χ1) is 8.13. The number of Topliss-reactive ketones (excluding diaryl/α,β-unsaturated/α-hetero) is 1. The van der Waals surface area contributed by atoms with Crippen molar-refractivity contribution in [3.05, 3.63) is 23.8 Å². The van der Waals surface area contributed by atoms with Gasteiger partial charge in [0.15, 0.2) is 5.78 Å². The number of hydrogen-bond donors (Lipinski definition) is 1. The molecule has 1 atom stereocenters. The number of esters is 1. The molecule has 0 aliphatic heterocycles. The molecule has 0 bridgehead atoms. The second-order valence-corrected chi connectivity index (χ2v) is 4.01. The van der Waals surface area contributed by atoms with Crippen molar-refractivity contribution >= 4 is 11.8 Å². The van der Waals surface area contributed by atoms with Crippen LogP contribution in [0.2, 0.25) is 0 Å². The van der Waals surface area contributed by atoms with Crippen LogP contribution in [0.1, 0.15) is 32.1 Å². The average Bonchev–Trinajstić information content (AvgIpc) is 2.62. The average molecular weight is 238 g/mol. The Labute approximate surface area is 101 Å². The Hall–Kier alpha value is -1.42. The number of ether oxygens (including phenoxy) is 1. The summed E-state index contributed by atoms with van der Waals surface area (Å²) in [6.07, 6.45) is 7.56. The predicted molar refractivity (Wildman–Crippen MR) is 63.3 cm³/mol. The van der Waals surface area contributed by atoms with E-state index >= 15 is 0 Å². The van der Waals surface area contributed by atoms with Crippen LogP contribution in [0.25, 0.3) is 0 Å². The summed E-state index contributed by atoms with van der Waals surface area (Å²) >= 11 is 0. The van der Waals surface area contributed by atoms with E-state index in [4.69, 9.17) is 0 Å². The number of carbonyl (C=O) groups excluding carboxylic acids is 2. The molecule has 1 aliphatic rings. The van der Waals surface area contributed by atoms with E-state index in [1.54, 1.807) is 6.08 Å². The molecule has 0 unspecified atom stereocenters. The quantitative estimate of drug-likeness (QED) is 0.563. The fourth-order valence-electron chi connectivity index (χ4n) is 1.71. The molecule has 4 nitrogen and oxygen atoms in total. The Kier molecular flexibility index (Phi) is 5.63. The molecule has 0 fully saturated rings. The van der Waals surface area contributed by atoms with Gasteiger partial charge in [0.1, 0.15) is 0 Å². The third-order valence-corrected chi connectivity index (χ3v) is 2.64. The van der Waals surface area contributed by atoms with Crippen LogP contribution in [0.15, 0.2) is 23.8 Å². The molecule has 4 heteroatoms. The van der Waals surface area contributed by atoms with Gasteiger partial charge in [0, 0.05) is 12.8 Å². The minimum absolute atomic E-state index is 0.0421. The van der Waals surface area contributed by atoms with Gasteiger partial charge in [0.25, 0.3) is 0 Å². The Morgan fingerprint density at radius 1 is 1.53 bits per heavy atom. The molecule has 0 heterocycles. The first-order valence-electron chi connectivity index (χ1n) is 5.77. The van der Waals surface area contributed by atoms with Gasteiger partial charge in [-0.1, -0.05) is 12.2 Å². The number of rotatable bonds is 6. The Balaban J connectivity index is 2.15. The van der Waals surface area contributed by atoms with Gasteiger partial charge in [-0.2, -0.15) is 0 Å². The number of ketones is 1. The van der Waals surface area contributed by atoms with E-state index in [0.717, 1.165) is 12.0 Å². The molecule has 0 aromatic rings. The Morgan fingerprint density at radius 3 is 2.82 bits per heavy atom. The number of hydrogen-bond acceptors (Lipinski definition) is 4. The van der Waals surface area contributed by atoms with Crippen LogP contribution in [0.5, 0.6) is 0 Å². The molecule has 0 aromatic heterocycles. The molecule has 0 amide bonds. The van der Waals surface area contributed by atoms with Gasteiger partial charge in [-0.05, 0) is 30.9 Å². The summed E-state index contributed by atoms with van der Waals surface area (Å²) in [5, 5.41) is 9.23. The van der Waals surface area contributed by atoms with Crippen molar-refractivity contribution in [3.8, 4) is 0 Å². The standard InChI is InChI=1S/C13H18O4/c1-17-13(16)7-5-3-2-4-6-10-8-11(14)9-12(10)15/h2-3,8,11,14H,4-7,9H2,1H3/b3-2+/t11-/m0/s1. The highest BCUT2D eigenvalue weighted by Gasteiger charge is 2.20. The number of methoxy groups -OCH3 is 1. The van der Waals surface area contributed by atoms with Crippen LogP contribution in [0.3, 0.4) is 0 Å². The van der Waals surface area contributed by atoms with E-state index < -0.39 is 6.10 Å². The largest absolute Gasteiger partial charge is 0.469 e. The highest BCUT2D eigenvalue weighted by molar-refractivity contribution is 5.98. The van der Waals surface area contributed by atoms with Gasteiger partial charge in [0.05, 0.1) is 13.2 Å². The monoisotopic (exact) mass is 238 g/mol. The summed E-state index contributed by atoms with van der Waals surface area (Å²) in [6.45, 7) is 0. The highest BCUT2D eigenvalue weighted by Crippen LogP contribution is 2.19. The summed E-state index contributed by atoms with van der Waals surface area (Å²) in [5.74, 6) is -0.174. The van der Waals surface area contributed by atoms with E-state index in [1.807, 2.05) is 12.2 Å². The second kappa shape index (κ2) is 7.01. The highest BCUT2D eigenvalue weighted by atomic mass is 16.5. The third kappa shape index (κ3) is 4.95. The fourth-order valence-corrected chi connectivity index (χ4v) is 1.71. The molecule has 0 spiro atoms. The van der Waals surface area contributed by atoms with E-state index in [0.29, 0.717) is 19.3 Å². The van der Waals surface area contributed by atoms with Crippen molar-refractivity contribution in [2.24, 2.45) is 0 Å². The van der Waals surface area contributed by atoms with Crippen LogP contribution >= 0.6 is 0 Å². The molecule has 1 aliphatic carbocycles. The van der Waals surface area contributed by atoms with Crippen LogP contribution < -0.4 is 0 Å². The van der Waals surface area contributed by atoms with E-state index in [2.05, 4.69) is 4.74 Å². The summed E-state index contributed by atoms with van der Waals surface area (Å²) in [5.41, 5.74) is 0.718. The number of aliphatic hydroxyl groups is 1. The van der Waals surface area contributed by atoms with Crippen LogP contribution in [0, 0.1) is 0 Å². The van der Waals surface area contributed by atoms with Crippen molar-refractivity contribution < 1.29 is 19.4 Å². The van der Waals surface area contributed by atoms with Gasteiger partial charge < -0.3 is 9.84 Å². The number of allylic oxidation sites excluding steroid dienone is 3. The molecule has 0 aromatic carbocycles. The lowest BCUT2D eigenvalue weighted by Gasteiger charge is -1.96. The van der Waals surface area contributed by atoms with Crippen molar-refractivity contribution in [1.82, 2.24) is 0 Å². The minimum atomic E-state index is -0.596. The van der Waals surface area contributed by atoms with Crippen molar-refractivity contribution in [1.29, 1.82) is 0 Å². The molecule has 94 valence electrons. The maximum absolute atomic E-state index is 11.3. The maximum Gasteiger partial charge on any atom is 0.305 e. The zero-order valence-corrected chi connectivity index (χ0v) is 10.0. The zero-order chi connectivity index (χ0) is 12.7. The van der Waals surface area contributed by atoms with Gasteiger partial charge in [-0.25, -0.2) is 0 Å². The lowest BCUT2D eigenvalue weighted by Crippen LogP contribution is -2.01. The molecular weight excluding hydrogens is 220 g/mol. The Morgan fingerprint density at radius 2 is 2.24 bits per heavy atom. The van der Waals surface area contributed by atoms with E-state index in [-0.39, 0.29) is 18.2 Å². The molecule has 0 radical (unpaired) electrons. The van der Waals surface area contributed by atoms with Crippen molar-refractivity contribution in [3.63, 3.8) is 0 Å². The normalized spacial score (nSPS) is 19.8. The SMILES string of the molecule is COC(=O)CC/C=C/CCC1=C[C@H](O)CC1=O. The number of aliphatic hydroxyl groups excluding tert-OH is 1. The van der Waals surface area contributed by atoms with Crippen molar-refractivity contribution in [2.75, 3.05) is 7.11 Å². The number of carbonyl (C=O) groups is 2. The molecular formula is C13H18O4. The molecule has 1 N–H and O–H groups in total. The zero-order valence-electron chi connectivity index (χ0n) is 10.0. The van der Waals surface area contributed by atoms with Gasteiger partial charge >= 0.3 is 5.97 Å². The maximum atomic E-state index is 11.3. The predicted octanol–water partition coefficient (Wildman–Crippen LogP) is 1.54. The van der Waals surface area contributed by atoms with Crippen LogP contribution in [0.4, 0.5) is 0 Å². The summed E-state index contributed by atoms with van der Waals surface area (Å²) in [7, 11) is 1.37. The summed E-state index contributed by atoms with van der Waals surface area (Å²) < 4.78 is 4.51. The third-order valence-electron chi connectivity index (χ3n) is 2.64. The first kappa shape index (κ1) is 13.6. The molecule has 0 saturated heterocycles. The molecule has 0 saturated carbocycles. The topological polar surface area (TPSA) is 63.6 Å². The summed E-state index contributed by atoms with van der Waals surface area (Å²) in [4.78, 5) is 22.1. The van der Waals surface area contributed by atoms with Crippen LogP contribution in [-0.4, -0.2) is 30.1 Å². The van der Waals surface area contributed by atoms with Gasteiger partial charge in [0.2, 0.25) is 0 Å². The smallest absolute Gasteiger partial charge is 0.305 e. The van der Waals surface area contributed by atoms with E-state index in [9.17, 15) is 14.7 Å². The second-order valence-electron chi connectivity index (χ2n) is 4.01. The lowest BCUT2D eigenvalue weighted by molar-refractivity contribution is -0.140. The first-order valence-corrected chi connectivity index (χ1v) is 5.77. The lowest BCUT2D eigenvalue weighted by atomic mass is 10.1. The minimum Gasteiger partial charge on any atom is -0.469 e. The fraction of sp³-hybridized carbons (Fsp3) is 0.538. The van der Waals surface area contributed by atoms with Gasteiger partial charge in [-0.15, -0.1) is 0 Å². The van der Waals surface area contributed by atoms with Crippen LogP contribution in [-0.2, 0) is 14.3 Å². The Bertz CT molecular complexity index is 341. The molecule has 1 rings (SSSR count). The molecule has 17 heavy (non-hydrogen) atoms. The van der Waals surface area contributed by atoms with Crippen molar-refractivity contribution in [2.45, 2.75) is 38.2 Å². The summed E-state index contributed by atoms with van der Waals surface area (Å²) in [6, 6.07) is 0. The van der Waals surface area contributed by atoms with Gasteiger partial charge in [-0.3, -0.25) is 9.59 Å². The van der Waals surface area contributed by atoms with E-state index in [1.165, 1.54) is 7.11 Å².